The predicted molar refractivity (Wildman–Crippen MR) is 101 cm³/mol. The van der Waals surface area contributed by atoms with Crippen LogP contribution in [-0.4, -0.2) is 23.0 Å². The molecule has 0 aliphatic carbocycles. The van der Waals surface area contributed by atoms with E-state index in [0.717, 1.165) is 10.0 Å². The number of nitro groups is 1. The monoisotopic (exact) mass is 418 g/mol. The molecule has 2 N–H and O–H groups in total. The second-order valence-electron chi connectivity index (χ2n) is 5.20. The quantitative estimate of drug-likeness (QED) is 0.408. The Morgan fingerprint density at radius 2 is 1.85 bits per heavy atom. The van der Waals surface area contributed by atoms with Crippen molar-refractivity contribution in [3.63, 3.8) is 0 Å². The number of carbonyl (C=O) groups is 2. The van der Waals surface area contributed by atoms with Crippen LogP contribution in [-0.2, 0) is 9.59 Å². The third-order valence-electron chi connectivity index (χ3n) is 3.17. The molecule has 8 nitrogen and oxygen atoms in total. The van der Waals surface area contributed by atoms with Gasteiger partial charge < -0.3 is 5.32 Å². The summed E-state index contributed by atoms with van der Waals surface area (Å²) in [6, 6.07) is 13.0. The summed E-state index contributed by atoms with van der Waals surface area (Å²) in [7, 11) is 0. The van der Waals surface area contributed by atoms with Gasteiger partial charge in [0.1, 0.15) is 0 Å². The molecule has 0 fully saturated rings. The van der Waals surface area contributed by atoms with E-state index in [9.17, 15) is 19.7 Å². The lowest BCUT2D eigenvalue weighted by Crippen LogP contribution is -2.20. The molecule has 0 atom stereocenters. The van der Waals surface area contributed by atoms with Crippen molar-refractivity contribution in [3.05, 3.63) is 68.7 Å². The first kappa shape index (κ1) is 19.3. The number of anilines is 1. The molecule has 2 amide bonds. The van der Waals surface area contributed by atoms with Crippen molar-refractivity contribution >= 4 is 45.3 Å². The minimum atomic E-state index is -0.549. The molecule has 0 bridgehead atoms. The molecule has 0 saturated carbocycles. The third kappa shape index (κ3) is 6.44. The van der Waals surface area contributed by atoms with Crippen LogP contribution < -0.4 is 10.7 Å². The molecule has 0 unspecified atom stereocenters. The van der Waals surface area contributed by atoms with Gasteiger partial charge in [-0.1, -0.05) is 34.1 Å². The van der Waals surface area contributed by atoms with Gasteiger partial charge in [-0.05, 0) is 23.8 Å². The first-order valence-corrected chi connectivity index (χ1v) is 8.35. The summed E-state index contributed by atoms with van der Waals surface area (Å²) in [4.78, 5) is 33.7. The van der Waals surface area contributed by atoms with Crippen molar-refractivity contribution in [2.24, 2.45) is 5.10 Å². The van der Waals surface area contributed by atoms with Gasteiger partial charge in [0.15, 0.2) is 0 Å². The number of carbonyl (C=O) groups excluding carboxylic acids is 2. The number of halogens is 1. The van der Waals surface area contributed by atoms with Gasteiger partial charge in [-0.15, -0.1) is 0 Å². The van der Waals surface area contributed by atoms with Crippen LogP contribution in [0.4, 0.5) is 11.4 Å². The summed E-state index contributed by atoms with van der Waals surface area (Å²) in [6.07, 6.45) is 1.36. The number of hydrogen-bond acceptors (Lipinski definition) is 5. The highest BCUT2D eigenvalue weighted by molar-refractivity contribution is 9.10. The van der Waals surface area contributed by atoms with E-state index in [1.807, 2.05) is 24.3 Å². The normalized spacial score (nSPS) is 10.5. The van der Waals surface area contributed by atoms with Gasteiger partial charge in [0, 0.05) is 35.1 Å². The molecule has 0 aromatic heterocycles. The molecule has 0 heterocycles. The lowest BCUT2D eigenvalue weighted by molar-refractivity contribution is -0.384. The molecular formula is C17H15BrN4O4. The Balaban J connectivity index is 1.77. The Labute approximate surface area is 157 Å². The lowest BCUT2D eigenvalue weighted by atomic mass is 10.2. The molecule has 0 aliphatic heterocycles. The van der Waals surface area contributed by atoms with E-state index in [1.165, 1.54) is 30.5 Å². The molecule has 2 aromatic rings. The summed E-state index contributed by atoms with van der Waals surface area (Å²) >= 11 is 3.33. The van der Waals surface area contributed by atoms with E-state index < -0.39 is 16.7 Å². The second-order valence-corrected chi connectivity index (χ2v) is 6.12. The Kier molecular flexibility index (Phi) is 6.98. The minimum absolute atomic E-state index is 0.0589. The highest BCUT2D eigenvalue weighted by Crippen LogP contribution is 2.17. The molecule has 26 heavy (non-hydrogen) atoms. The van der Waals surface area contributed by atoms with Crippen molar-refractivity contribution in [2.45, 2.75) is 12.8 Å². The van der Waals surface area contributed by atoms with E-state index in [4.69, 9.17) is 0 Å². The van der Waals surface area contributed by atoms with Gasteiger partial charge in [0.2, 0.25) is 11.8 Å². The average Bonchev–Trinajstić information content (AvgIpc) is 2.60. The Morgan fingerprint density at radius 1 is 1.12 bits per heavy atom. The van der Waals surface area contributed by atoms with Crippen molar-refractivity contribution < 1.29 is 14.5 Å². The zero-order valence-corrected chi connectivity index (χ0v) is 15.1. The second kappa shape index (κ2) is 9.42. The van der Waals surface area contributed by atoms with Gasteiger partial charge in [-0.2, -0.15) is 5.10 Å². The first-order chi connectivity index (χ1) is 12.4. The fraction of sp³-hybridized carbons (Fsp3) is 0.118. The van der Waals surface area contributed by atoms with Crippen molar-refractivity contribution in [2.75, 3.05) is 5.32 Å². The predicted octanol–water partition coefficient (Wildman–Crippen LogP) is 3.23. The van der Waals surface area contributed by atoms with Crippen molar-refractivity contribution in [1.82, 2.24) is 5.43 Å². The van der Waals surface area contributed by atoms with E-state index >= 15 is 0 Å². The zero-order chi connectivity index (χ0) is 18.9. The Bertz CT molecular complexity index is 854. The molecular weight excluding hydrogens is 404 g/mol. The highest BCUT2D eigenvalue weighted by Gasteiger charge is 2.09. The molecule has 9 heteroatoms. The number of rotatable bonds is 7. The van der Waals surface area contributed by atoms with Crippen LogP contribution in [0.25, 0.3) is 0 Å². The van der Waals surface area contributed by atoms with Crippen molar-refractivity contribution in [1.29, 1.82) is 0 Å². The van der Waals surface area contributed by atoms with Crippen LogP contribution in [0.5, 0.6) is 0 Å². The van der Waals surface area contributed by atoms with E-state index in [0.29, 0.717) is 5.69 Å². The molecule has 134 valence electrons. The minimum Gasteiger partial charge on any atom is -0.326 e. The molecule has 0 saturated heterocycles. The molecule has 0 spiro atoms. The van der Waals surface area contributed by atoms with Gasteiger partial charge in [0.25, 0.3) is 5.69 Å². The van der Waals surface area contributed by atoms with E-state index in [-0.39, 0.29) is 18.5 Å². The molecule has 0 aliphatic rings. The Hall–Kier alpha value is -3.07. The number of non-ortho nitro benzene ring substituents is 1. The highest BCUT2D eigenvalue weighted by atomic mass is 79.9. The van der Waals surface area contributed by atoms with Gasteiger partial charge in [-0.25, -0.2) is 5.43 Å². The number of amides is 2. The number of benzene rings is 2. The summed E-state index contributed by atoms with van der Waals surface area (Å²) in [5, 5.41) is 17.0. The van der Waals surface area contributed by atoms with Crippen LogP contribution in [0.3, 0.4) is 0 Å². The number of nitrogens with one attached hydrogen (secondary N) is 2. The number of nitrogens with zero attached hydrogens (tertiary/aromatic N) is 2. The summed E-state index contributed by atoms with van der Waals surface area (Å²) < 4.78 is 0.894. The van der Waals surface area contributed by atoms with Crippen molar-refractivity contribution in [3.8, 4) is 0 Å². The number of hydrazone groups is 1. The summed E-state index contributed by atoms with van der Waals surface area (Å²) in [5.74, 6) is -0.831. The molecule has 2 rings (SSSR count). The van der Waals surface area contributed by atoms with Gasteiger partial charge in [-0.3, -0.25) is 19.7 Å². The SMILES string of the molecule is O=C(CCC(=O)Nc1cccc([N+](=O)[O-])c1)NN=Cc1cccc(Br)c1. The van der Waals surface area contributed by atoms with E-state index in [2.05, 4.69) is 31.8 Å². The van der Waals surface area contributed by atoms with Crippen LogP contribution in [0.1, 0.15) is 18.4 Å². The smallest absolute Gasteiger partial charge is 0.271 e. The third-order valence-corrected chi connectivity index (χ3v) is 3.66. The maximum atomic E-state index is 11.8. The van der Waals surface area contributed by atoms with Crippen LogP contribution in [0.2, 0.25) is 0 Å². The van der Waals surface area contributed by atoms with E-state index in [1.54, 1.807) is 0 Å². The van der Waals surface area contributed by atoms with Crippen LogP contribution in [0, 0.1) is 10.1 Å². The van der Waals surface area contributed by atoms with Crippen LogP contribution >= 0.6 is 15.9 Å². The maximum Gasteiger partial charge on any atom is 0.271 e. The fourth-order valence-electron chi connectivity index (χ4n) is 1.97. The molecule has 0 radical (unpaired) electrons. The lowest BCUT2D eigenvalue weighted by Gasteiger charge is -2.04. The first-order valence-electron chi connectivity index (χ1n) is 7.56. The molecule has 2 aromatic carbocycles. The largest absolute Gasteiger partial charge is 0.326 e. The average molecular weight is 419 g/mol. The zero-order valence-electron chi connectivity index (χ0n) is 13.5. The van der Waals surface area contributed by atoms with Gasteiger partial charge >= 0.3 is 0 Å². The standard InChI is InChI=1S/C17H15BrN4O4/c18-13-4-1-3-12(9-13)11-19-21-17(24)8-7-16(23)20-14-5-2-6-15(10-14)22(25)26/h1-6,9-11H,7-8H2,(H,20,23)(H,21,24). The number of nitro benzene ring substituents is 1. The van der Waals surface area contributed by atoms with Crippen LogP contribution in [0.15, 0.2) is 58.1 Å². The summed E-state index contributed by atoms with van der Waals surface area (Å²) in [6.45, 7) is 0. The van der Waals surface area contributed by atoms with Gasteiger partial charge in [0.05, 0.1) is 11.1 Å². The Morgan fingerprint density at radius 3 is 2.58 bits per heavy atom. The fourth-order valence-corrected chi connectivity index (χ4v) is 2.39. The topological polar surface area (TPSA) is 114 Å². The maximum absolute atomic E-state index is 11.8. The summed E-state index contributed by atoms with van der Waals surface area (Å²) in [5.41, 5.74) is 3.33. The number of hydrogen-bond donors (Lipinski definition) is 2.